The molecule has 1 aromatic rings. The Kier molecular flexibility index (Phi) is 5.41. The minimum absolute atomic E-state index is 0.0663. The Morgan fingerprint density at radius 3 is 2.34 bits per heavy atom. The van der Waals surface area contributed by atoms with E-state index in [0.29, 0.717) is 11.5 Å². The molecule has 12 heteroatoms. The number of benzene rings is 1. The van der Waals surface area contributed by atoms with Crippen LogP contribution < -0.4 is 10.1 Å². The van der Waals surface area contributed by atoms with Gasteiger partial charge < -0.3 is 9.31 Å². The average molecular weight is 429 g/mol. The quantitative estimate of drug-likeness (QED) is 0.692. The van der Waals surface area contributed by atoms with Crippen molar-refractivity contribution in [1.29, 1.82) is 0 Å². The van der Waals surface area contributed by atoms with Crippen molar-refractivity contribution in [2.45, 2.75) is 43.8 Å². The second-order valence-corrected chi connectivity index (χ2v) is 9.20. The summed E-state index contributed by atoms with van der Waals surface area (Å²) in [6, 6.07) is 2.19. The maximum atomic E-state index is 14.0. The van der Waals surface area contributed by atoms with Gasteiger partial charge in [0.15, 0.2) is 5.82 Å². The highest BCUT2D eigenvalue weighted by molar-refractivity contribution is 7.89. The third-order valence-electron chi connectivity index (χ3n) is 5.00. The minimum atomic E-state index is -4.37. The highest BCUT2D eigenvalue weighted by atomic mass is 32.2. The molecule has 0 saturated carbocycles. The van der Waals surface area contributed by atoms with Crippen LogP contribution in [-0.4, -0.2) is 39.0 Å². The van der Waals surface area contributed by atoms with Gasteiger partial charge in [-0.05, 0) is 45.9 Å². The van der Waals surface area contributed by atoms with E-state index in [1.54, 1.807) is 0 Å². The second-order valence-electron chi connectivity index (χ2n) is 7.55. The lowest BCUT2D eigenvalue weighted by atomic mass is 9.78. The number of hydrazine groups is 1. The number of allylic oxidation sites excluding steroid dienone is 2. The number of hydrogen-bond acceptors (Lipinski definition) is 7. The molecule has 2 aliphatic heterocycles. The first-order valence-corrected chi connectivity index (χ1v) is 10.2. The second kappa shape index (κ2) is 7.28. The highest BCUT2D eigenvalue weighted by Crippen LogP contribution is 2.39. The van der Waals surface area contributed by atoms with E-state index in [9.17, 15) is 17.2 Å². The molecule has 0 aromatic heterocycles. The standard InChI is InChI=1S/C17H22BF2N3O5S/c1-16(2)17(3,4)28-18(27-16)11-8-15(23(26-5)21-10-11)22-29(24,25)14-7-6-12(19)9-13(14)20/h6-10,21-22H,1-5H3. The monoisotopic (exact) mass is 429 g/mol. The molecule has 0 spiro atoms. The number of hydrogen-bond donors (Lipinski definition) is 2. The van der Waals surface area contributed by atoms with Crippen molar-refractivity contribution in [3.8, 4) is 0 Å². The molecule has 2 aliphatic rings. The first kappa shape index (κ1) is 21.6. The van der Waals surface area contributed by atoms with Gasteiger partial charge in [-0.15, -0.1) is 5.17 Å². The summed E-state index contributed by atoms with van der Waals surface area (Å²) in [7, 11) is -3.84. The fourth-order valence-corrected chi connectivity index (χ4v) is 3.77. The van der Waals surface area contributed by atoms with Gasteiger partial charge in [-0.1, -0.05) is 0 Å². The van der Waals surface area contributed by atoms with E-state index in [2.05, 4.69) is 10.1 Å². The topological polar surface area (TPSA) is 89.1 Å². The molecular weight excluding hydrogens is 407 g/mol. The Morgan fingerprint density at radius 2 is 1.79 bits per heavy atom. The average Bonchev–Trinajstić information content (AvgIpc) is 2.81. The first-order chi connectivity index (χ1) is 13.4. The Morgan fingerprint density at radius 1 is 1.17 bits per heavy atom. The van der Waals surface area contributed by atoms with Gasteiger partial charge in [-0.25, -0.2) is 17.2 Å². The summed E-state index contributed by atoms with van der Waals surface area (Å²) in [6.45, 7) is 7.54. The Balaban J connectivity index is 1.89. The highest BCUT2D eigenvalue weighted by Gasteiger charge is 2.52. The summed E-state index contributed by atoms with van der Waals surface area (Å²) in [5.74, 6) is -2.17. The van der Waals surface area contributed by atoms with Crippen LogP contribution in [0.15, 0.2) is 46.7 Å². The number of sulfonamides is 1. The molecule has 3 rings (SSSR count). The molecule has 0 radical (unpaired) electrons. The lowest BCUT2D eigenvalue weighted by molar-refractivity contribution is -0.134. The Labute approximate surface area is 168 Å². The molecule has 1 saturated heterocycles. The fraction of sp³-hybridized carbons (Fsp3) is 0.412. The molecule has 8 nitrogen and oxygen atoms in total. The van der Waals surface area contributed by atoms with Crippen LogP contribution in [0.1, 0.15) is 27.7 Å². The van der Waals surface area contributed by atoms with E-state index in [-0.39, 0.29) is 5.82 Å². The lowest BCUT2D eigenvalue weighted by Gasteiger charge is -2.32. The number of hydroxylamine groups is 1. The Bertz CT molecular complexity index is 965. The molecule has 29 heavy (non-hydrogen) atoms. The third kappa shape index (κ3) is 4.11. The fourth-order valence-electron chi connectivity index (χ4n) is 2.68. The van der Waals surface area contributed by atoms with Crippen LogP contribution in [-0.2, 0) is 24.2 Å². The molecular formula is C17H22BF2N3O5S. The van der Waals surface area contributed by atoms with Gasteiger partial charge in [0, 0.05) is 17.7 Å². The zero-order chi connectivity index (χ0) is 21.6. The van der Waals surface area contributed by atoms with E-state index in [1.165, 1.54) is 19.4 Å². The SMILES string of the molecule is CON1NC=C(B2OC(C)(C)C(C)(C)O2)C=C1NS(=O)(=O)c1ccc(F)cc1F. The van der Waals surface area contributed by atoms with Crippen LogP contribution in [0.2, 0.25) is 0 Å². The normalized spacial score (nSPS) is 20.8. The predicted molar refractivity (Wildman–Crippen MR) is 101 cm³/mol. The largest absolute Gasteiger partial charge is 0.496 e. The van der Waals surface area contributed by atoms with Crippen LogP contribution in [0.25, 0.3) is 0 Å². The molecule has 2 heterocycles. The van der Waals surface area contributed by atoms with E-state index in [1.807, 2.05) is 27.7 Å². The van der Waals surface area contributed by atoms with Crippen molar-refractivity contribution in [2.75, 3.05) is 7.11 Å². The molecule has 0 atom stereocenters. The van der Waals surface area contributed by atoms with Gasteiger partial charge in [0.1, 0.15) is 16.5 Å². The van der Waals surface area contributed by atoms with Crippen LogP contribution in [0, 0.1) is 11.6 Å². The smallest absolute Gasteiger partial charge is 0.399 e. The number of rotatable bonds is 5. The van der Waals surface area contributed by atoms with Gasteiger partial charge in [0.25, 0.3) is 10.0 Å². The summed E-state index contributed by atoms with van der Waals surface area (Å²) in [4.78, 5) is 4.37. The molecule has 1 aromatic carbocycles. The lowest BCUT2D eigenvalue weighted by Crippen LogP contribution is -2.44. The molecule has 2 N–H and O–H groups in total. The molecule has 0 bridgehead atoms. The minimum Gasteiger partial charge on any atom is -0.399 e. The van der Waals surface area contributed by atoms with Crippen molar-refractivity contribution in [3.63, 3.8) is 0 Å². The molecule has 0 aliphatic carbocycles. The summed E-state index contributed by atoms with van der Waals surface area (Å²) >= 11 is 0. The van der Waals surface area contributed by atoms with Crippen LogP contribution in [0.3, 0.4) is 0 Å². The molecule has 1 fully saturated rings. The van der Waals surface area contributed by atoms with Crippen LogP contribution in [0.5, 0.6) is 0 Å². The van der Waals surface area contributed by atoms with Crippen LogP contribution in [0.4, 0.5) is 8.78 Å². The first-order valence-electron chi connectivity index (χ1n) is 8.72. The van der Waals surface area contributed by atoms with Gasteiger partial charge in [-0.2, -0.15) is 0 Å². The third-order valence-corrected chi connectivity index (χ3v) is 6.39. The maximum Gasteiger partial charge on any atom is 0.496 e. The van der Waals surface area contributed by atoms with Gasteiger partial charge in [-0.3, -0.25) is 15.0 Å². The van der Waals surface area contributed by atoms with Gasteiger partial charge >= 0.3 is 7.12 Å². The zero-order valence-corrected chi connectivity index (χ0v) is 17.4. The Hall–Kier alpha value is -2.15. The van der Waals surface area contributed by atoms with E-state index < -0.39 is 44.9 Å². The molecule has 158 valence electrons. The van der Waals surface area contributed by atoms with Gasteiger partial charge in [0.2, 0.25) is 0 Å². The summed E-state index contributed by atoms with van der Waals surface area (Å²) in [5, 5.41) is 1.02. The van der Waals surface area contributed by atoms with E-state index >= 15 is 0 Å². The van der Waals surface area contributed by atoms with Crippen LogP contribution >= 0.6 is 0 Å². The molecule has 0 amide bonds. The summed E-state index contributed by atoms with van der Waals surface area (Å²) in [5.41, 5.74) is 2.03. The maximum absolute atomic E-state index is 14.0. The van der Waals surface area contributed by atoms with Crippen molar-refractivity contribution in [1.82, 2.24) is 15.3 Å². The number of nitrogens with one attached hydrogen (secondary N) is 2. The van der Waals surface area contributed by atoms with Crippen molar-refractivity contribution in [3.05, 3.63) is 53.4 Å². The predicted octanol–water partition coefficient (Wildman–Crippen LogP) is 1.98. The number of nitrogens with zero attached hydrogens (tertiary/aromatic N) is 1. The van der Waals surface area contributed by atoms with Crippen molar-refractivity contribution < 1.29 is 31.3 Å². The van der Waals surface area contributed by atoms with E-state index in [0.717, 1.165) is 17.3 Å². The van der Waals surface area contributed by atoms with Gasteiger partial charge in [0.05, 0.1) is 18.3 Å². The summed E-state index contributed by atoms with van der Waals surface area (Å²) in [6.07, 6.45) is 2.96. The summed E-state index contributed by atoms with van der Waals surface area (Å²) < 4.78 is 66.5. The zero-order valence-electron chi connectivity index (χ0n) is 16.6. The number of halogens is 2. The molecule has 0 unspecified atom stereocenters. The van der Waals surface area contributed by atoms with E-state index in [4.69, 9.17) is 14.1 Å². The van der Waals surface area contributed by atoms with Crippen molar-refractivity contribution >= 4 is 17.1 Å². The van der Waals surface area contributed by atoms with Crippen molar-refractivity contribution in [2.24, 2.45) is 0 Å².